The molecule has 1 aliphatic carbocycles. The van der Waals surface area contributed by atoms with Crippen molar-refractivity contribution < 1.29 is 4.79 Å². The maximum atomic E-state index is 12.8. The Bertz CT molecular complexity index is 499. The Labute approximate surface area is 139 Å². The van der Waals surface area contributed by atoms with E-state index in [1.165, 1.54) is 5.56 Å². The van der Waals surface area contributed by atoms with Crippen molar-refractivity contribution in [3.8, 4) is 0 Å². The Morgan fingerprint density at radius 1 is 1.27 bits per heavy atom. The fourth-order valence-corrected chi connectivity index (χ4v) is 3.99. The van der Waals surface area contributed by atoms with Crippen LogP contribution in [0.25, 0.3) is 0 Å². The predicted octanol–water partition coefficient (Wildman–Crippen LogP) is 3.16. The van der Waals surface area contributed by atoms with Crippen LogP contribution in [0.4, 0.5) is 0 Å². The minimum absolute atomic E-state index is 0. The molecule has 2 aliphatic rings. The Morgan fingerprint density at radius 2 is 1.91 bits per heavy atom. The molecule has 3 nitrogen and oxygen atoms in total. The van der Waals surface area contributed by atoms with Gasteiger partial charge in [0.05, 0.1) is 5.54 Å². The van der Waals surface area contributed by atoms with Gasteiger partial charge < -0.3 is 10.6 Å². The lowest BCUT2D eigenvalue weighted by molar-refractivity contribution is -0.137. The quantitative estimate of drug-likeness (QED) is 0.929. The van der Waals surface area contributed by atoms with Crippen LogP contribution in [0.2, 0.25) is 0 Å². The van der Waals surface area contributed by atoms with E-state index in [2.05, 4.69) is 42.2 Å². The summed E-state index contributed by atoms with van der Waals surface area (Å²) in [5.74, 6) is 0.754. The molecule has 1 saturated carbocycles. The number of hydrogen-bond acceptors (Lipinski definition) is 2. The van der Waals surface area contributed by atoms with Crippen LogP contribution in [0.5, 0.6) is 0 Å². The van der Waals surface area contributed by atoms with Crippen molar-refractivity contribution in [2.75, 3.05) is 6.54 Å². The van der Waals surface area contributed by atoms with Gasteiger partial charge in [0.15, 0.2) is 0 Å². The molecule has 22 heavy (non-hydrogen) atoms. The Balaban J connectivity index is 0.00000176. The molecular weight excluding hydrogens is 296 g/mol. The number of nitrogens with zero attached hydrogens (tertiary/aromatic N) is 1. The maximum Gasteiger partial charge on any atom is 0.242 e. The van der Waals surface area contributed by atoms with Gasteiger partial charge in [0.2, 0.25) is 5.91 Å². The Kier molecular flexibility index (Phi) is 5.51. The van der Waals surface area contributed by atoms with Gasteiger partial charge in [0.25, 0.3) is 0 Å². The van der Waals surface area contributed by atoms with E-state index in [0.717, 1.165) is 45.1 Å². The van der Waals surface area contributed by atoms with Crippen LogP contribution < -0.4 is 5.73 Å². The number of carbonyl (C=O) groups excluding carboxylic acids is 1. The number of amides is 1. The number of carbonyl (C=O) groups is 1. The first-order valence-corrected chi connectivity index (χ1v) is 8.24. The molecule has 1 saturated heterocycles. The van der Waals surface area contributed by atoms with Crippen LogP contribution in [-0.2, 0) is 11.2 Å². The third-order valence-corrected chi connectivity index (χ3v) is 5.44. The molecular formula is C18H27ClN2O. The third-order valence-electron chi connectivity index (χ3n) is 5.44. The highest BCUT2D eigenvalue weighted by Crippen LogP contribution is 2.34. The molecule has 1 amide bonds. The molecule has 2 fully saturated rings. The predicted molar refractivity (Wildman–Crippen MR) is 92.1 cm³/mol. The zero-order valence-corrected chi connectivity index (χ0v) is 14.1. The molecule has 1 aromatic rings. The first-order chi connectivity index (χ1) is 10.1. The average molecular weight is 323 g/mol. The zero-order chi connectivity index (χ0) is 14.9. The lowest BCUT2D eigenvalue weighted by Gasteiger charge is -2.32. The first-order valence-electron chi connectivity index (χ1n) is 8.24. The number of nitrogens with two attached hydrogens (primary N) is 1. The number of rotatable bonds is 3. The monoisotopic (exact) mass is 322 g/mol. The van der Waals surface area contributed by atoms with Gasteiger partial charge in [0, 0.05) is 12.6 Å². The summed E-state index contributed by atoms with van der Waals surface area (Å²) in [6, 6.07) is 10.9. The van der Waals surface area contributed by atoms with Crippen LogP contribution in [0.3, 0.4) is 0 Å². The molecule has 0 aromatic heterocycles. The number of likely N-dealkylation sites (tertiary alicyclic amines) is 1. The molecule has 1 aromatic carbocycles. The molecule has 3 rings (SSSR count). The number of halogens is 1. The Morgan fingerprint density at radius 3 is 2.55 bits per heavy atom. The van der Waals surface area contributed by atoms with Crippen molar-refractivity contribution in [1.29, 1.82) is 0 Å². The molecule has 1 heterocycles. The highest BCUT2D eigenvalue weighted by atomic mass is 35.5. The van der Waals surface area contributed by atoms with Crippen LogP contribution >= 0.6 is 12.4 Å². The highest BCUT2D eigenvalue weighted by Gasteiger charge is 2.44. The molecule has 0 spiro atoms. The van der Waals surface area contributed by atoms with Crippen LogP contribution in [0, 0.1) is 5.92 Å². The van der Waals surface area contributed by atoms with E-state index in [4.69, 9.17) is 5.73 Å². The van der Waals surface area contributed by atoms with Crippen LogP contribution in [0.1, 0.15) is 44.6 Å². The normalized spacial score (nSPS) is 26.7. The van der Waals surface area contributed by atoms with Crippen LogP contribution in [0.15, 0.2) is 30.3 Å². The second-order valence-electron chi connectivity index (χ2n) is 6.84. The molecule has 2 atom stereocenters. The van der Waals surface area contributed by atoms with Gasteiger partial charge in [-0.2, -0.15) is 0 Å². The molecule has 2 unspecified atom stereocenters. The summed E-state index contributed by atoms with van der Waals surface area (Å²) >= 11 is 0. The summed E-state index contributed by atoms with van der Waals surface area (Å²) in [4.78, 5) is 14.8. The molecule has 1 aliphatic heterocycles. The summed E-state index contributed by atoms with van der Waals surface area (Å²) in [6.45, 7) is 3.06. The summed E-state index contributed by atoms with van der Waals surface area (Å²) in [5.41, 5.74) is 7.15. The van der Waals surface area contributed by atoms with Gasteiger partial charge in [-0.05, 0) is 44.1 Å². The third kappa shape index (κ3) is 3.31. The summed E-state index contributed by atoms with van der Waals surface area (Å²) in [5, 5.41) is 0. The van der Waals surface area contributed by atoms with Crippen molar-refractivity contribution in [1.82, 2.24) is 4.90 Å². The average Bonchev–Trinajstić information content (AvgIpc) is 3.08. The van der Waals surface area contributed by atoms with Crippen molar-refractivity contribution in [2.45, 2.75) is 57.0 Å². The van der Waals surface area contributed by atoms with Crippen molar-refractivity contribution >= 4 is 18.3 Å². The van der Waals surface area contributed by atoms with Gasteiger partial charge in [0.1, 0.15) is 0 Å². The fraction of sp³-hybridized carbons (Fsp3) is 0.611. The van der Waals surface area contributed by atoms with Gasteiger partial charge in [-0.3, -0.25) is 4.79 Å². The number of hydrogen-bond donors (Lipinski definition) is 1. The van der Waals surface area contributed by atoms with Crippen molar-refractivity contribution in [2.24, 2.45) is 11.7 Å². The lowest BCUT2D eigenvalue weighted by Crippen LogP contribution is -2.54. The second-order valence-corrected chi connectivity index (χ2v) is 6.84. The van der Waals surface area contributed by atoms with E-state index in [1.54, 1.807) is 0 Å². The lowest BCUT2D eigenvalue weighted by atomic mass is 9.92. The van der Waals surface area contributed by atoms with E-state index < -0.39 is 5.54 Å². The molecule has 0 radical (unpaired) electrons. The van der Waals surface area contributed by atoms with Gasteiger partial charge in [-0.25, -0.2) is 0 Å². The molecule has 4 heteroatoms. The van der Waals surface area contributed by atoms with Gasteiger partial charge in [-0.1, -0.05) is 43.2 Å². The summed E-state index contributed by atoms with van der Waals surface area (Å²) in [7, 11) is 0. The maximum absolute atomic E-state index is 12.8. The van der Waals surface area contributed by atoms with E-state index in [0.29, 0.717) is 12.0 Å². The van der Waals surface area contributed by atoms with E-state index in [9.17, 15) is 4.79 Å². The minimum atomic E-state index is -0.574. The standard InChI is InChI=1S/C18H26N2O.ClH/c1-14-16(13-15-7-3-2-4-8-15)9-12-20(14)17(21)18(19)10-5-6-11-18;/h2-4,7-8,14,16H,5-6,9-13,19H2,1H3;1H. The largest absolute Gasteiger partial charge is 0.338 e. The van der Waals surface area contributed by atoms with Gasteiger partial charge in [-0.15, -0.1) is 12.4 Å². The SMILES string of the molecule is CC1C(Cc2ccccc2)CCN1C(=O)C1(N)CCCC1.Cl. The van der Waals surface area contributed by atoms with Gasteiger partial charge >= 0.3 is 0 Å². The summed E-state index contributed by atoms with van der Waals surface area (Å²) < 4.78 is 0. The van der Waals surface area contributed by atoms with E-state index >= 15 is 0 Å². The highest BCUT2D eigenvalue weighted by molar-refractivity contribution is 5.87. The van der Waals surface area contributed by atoms with E-state index in [-0.39, 0.29) is 18.3 Å². The summed E-state index contributed by atoms with van der Waals surface area (Å²) in [6.07, 6.45) is 6.06. The van der Waals surface area contributed by atoms with Crippen molar-refractivity contribution in [3.05, 3.63) is 35.9 Å². The van der Waals surface area contributed by atoms with E-state index in [1.807, 2.05) is 0 Å². The fourth-order valence-electron chi connectivity index (χ4n) is 3.99. The van der Waals surface area contributed by atoms with Crippen molar-refractivity contribution in [3.63, 3.8) is 0 Å². The Hall–Kier alpha value is -1.06. The molecule has 122 valence electrons. The number of benzene rings is 1. The second kappa shape index (κ2) is 7.01. The smallest absolute Gasteiger partial charge is 0.242 e. The minimum Gasteiger partial charge on any atom is -0.338 e. The first kappa shape index (κ1) is 17.3. The van der Waals surface area contributed by atoms with Crippen LogP contribution in [-0.4, -0.2) is 28.9 Å². The molecule has 2 N–H and O–H groups in total. The zero-order valence-electron chi connectivity index (χ0n) is 13.3. The topological polar surface area (TPSA) is 46.3 Å². The molecule has 0 bridgehead atoms.